The Kier molecular flexibility index (Phi) is 59.5. The molecule has 558 valence electrons. The fraction of sp³-hybridized carbons (Fsp3) is 1.00. The van der Waals surface area contributed by atoms with Crippen LogP contribution in [0.2, 0.25) is 118 Å². The van der Waals surface area contributed by atoms with E-state index in [1.165, 1.54) is 83.5 Å². The average Bonchev–Trinajstić information content (AvgIpc) is 1.65. The molecule has 0 aromatic rings. The van der Waals surface area contributed by atoms with Crippen molar-refractivity contribution in [2.75, 3.05) is 0 Å². The molecule has 6 fully saturated rings. The molecule has 0 spiro atoms. The SMILES string of the molecule is CC(C)C1CC(O[Si](C)(C)C)C(C(C)C)C1.CC(C)C1CC(O[Si](C)(C)C)C(C(C)C)C1C(C)C.CC(C)C1CCC(C(C)C)C1O[Si](C)(C)C.CC(C)C1CCC(O[Si](C)(C)C)C1.CC(C)C1CCC(O[Si](C)(C)C)C1C(C)C.CC(C)C1CCCC1O[Si](C)(C)C.[Li+].[Li+].[Li+].[Li+].[Li+].[Li+]. The van der Waals surface area contributed by atoms with Crippen LogP contribution in [0.1, 0.15) is 236 Å². The molecule has 0 aliphatic heterocycles. The summed E-state index contributed by atoms with van der Waals surface area (Å²) in [5.41, 5.74) is 0. The zero-order chi connectivity index (χ0) is 72.6. The summed E-state index contributed by atoms with van der Waals surface area (Å²) in [5, 5.41) is 0. The van der Waals surface area contributed by atoms with E-state index in [2.05, 4.69) is 270 Å². The van der Waals surface area contributed by atoms with Crippen LogP contribution < -0.4 is 113 Å². The van der Waals surface area contributed by atoms with Crippen LogP contribution in [0, 0.1) is 130 Å². The summed E-state index contributed by atoms with van der Waals surface area (Å²) in [5.74, 6) is 17.7. The van der Waals surface area contributed by atoms with E-state index in [0.717, 1.165) is 130 Å². The molecule has 99 heavy (non-hydrogen) atoms. The Bertz CT molecular complexity index is 1960. The van der Waals surface area contributed by atoms with Crippen molar-refractivity contribution >= 4 is 49.9 Å². The Morgan fingerprint density at radius 1 is 0.212 bits per heavy atom. The molecule has 0 aromatic carbocycles. The Hall–Kier alpha value is 4.65. The minimum absolute atomic E-state index is 0. The van der Waals surface area contributed by atoms with Gasteiger partial charge in [-0.3, -0.25) is 0 Å². The summed E-state index contributed by atoms with van der Waals surface area (Å²) in [6.07, 6.45) is 20.7. The topological polar surface area (TPSA) is 55.4 Å². The van der Waals surface area contributed by atoms with Gasteiger partial charge in [-0.1, -0.05) is 159 Å². The van der Waals surface area contributed by atoms with E-state index in [1.807, 2.05) is 0 Å². The van der Waals surface area contributed by atoms with E-state index >= 15 is 0 Å². The van der Waals surface area contributed by atoms with Crippen LogP contribution in [0.15, 0.2) is 0 Å². The molecule has 16 unspecified atom stereocenters. The molecule has 6 aliphatic carbocycles. The summed E-state index contributed by atoms with van der Waals surface area (Å²) >= 11 is 0. The summed E-state index contributed by atoms with van der Waals surface area (Å²) in [6, 6.07) is 0. The molecule has 16 atom stereocenters. The van der Waals surface area contributed by atoms with Crippen molar-refractivity contribution in [2.24, 2.45) is 130 Å². The first-order valence-corrected chi connectivity index (χ1v) is 60.5. The predicted octanol–water partition coefficient (Wildman–Crippen LogP) is 8.41. The molecule has 0 amide bonds. The summed E-state index contributed by atoms with van der Waals surface area (Å²) < 4.78 is 38.2. The maximum absolute atomic E-state index is 6.57. The first kappa shape index (κ1) is 115. The van der Waals surface area contributed by atoms with Crippen LogP contribution in [0.4, 0.5) is 0 Å². The zero-order valence-electron chi connectivity index (χ0n) is 76.8. The molecular weight excluding hydrogens is 1280 g/mol. The van der Waals surface area contributed by atoms with E-state index in [1.54, 1.807) is 0 Å². The van der Waals surface area contributed by atoms with Crippen LogP contribution >= 0.6 is 0 Å². The molecule has 0 aromatic heterocycles. The normalized spacial score (nSPS) is 29.5. The second-order valence-electron chi connectivity index (χ2n) is 41.1. The van der Waals surface area contributed by atoms with Gasteiger partial charge in [-0.05, 0) is 325 Å². The van der Waals surface area contributed by atoms with Crippen LogP contribution in [-0.2, 0) is 26.6 Å². The van der Waals surface area contributed by atoms with Crippen molar-refractivity contribution in [3.05, 3.63) is 0 Å². The molecule has 0 N–H and O–H groups in total. The van der Waals surface area contributed by atoms with Gasteiger partial charge in [0.05, 0.1) is 6.10 Å². The molecule has 6 saturated carbocycles. The van der Waals surface area contributed by atoms with Crippen molar-refractivity contribution in [3.63, 3.8) is 0 Å². The van der Waals surface area contributed by atoms with Crippen LogP contribution in [-0.4, -0.2) is 86.5 Å². The Balaban J connectivity index is -0.000000260. The smallest absolute Gasteiger partial charge is 0.415 e. The van der Waals surface area contributed by atoms with Gasteiger partial charge >= 0.3 is 113 Å². The summed E-state index contributed by atoms with van der Waals surface area (Å²) in [4.78, 5) is 0. The van der Waals surface area contributed by atoms with Gasteiger partial charge in [-0.15, -0.1) is 0 Å². The van der Waals surface area contributed by atoms with Gasteiger partial charge in [0.2, 0.25) is 0 Å². The van der Waals surface area contributed by atoms with Gasteiger partial charge in [0.25, 0.3) is 0 Å². The van der Waals surface area contributed by atoms with Crippen molar-refractivity contribution in [1.29, 1.82) is 0 Å². The van der Waals surface area contributed by atoms with Gasteiger partial charge in [-0.2, -0.15) is 0 Å². The van der Waals surface area contributed by atoms with Crippen molar-refractivity contribution < 1.29 is 140 Å². The molecule has 0 radical (unpaired) electrons. The molecule has 18 heteroatoms. The average molecular weight is 1450 g/mol. The van der Waals surface area contributed by atoms with E-state index in [4.69, 9.17) is 26.6 Å². The fourth-order valence-electron chi connectivity index (χ4n) is 18.0. The quantitative estimate of drug-likeness (QED) is 0.0960. The van der Waals surface area contributed by atoms with Crippen molar-refractivity contribution in [2.45, 2.75) is 390 Å². The van der Waals surface area contributed by atoms with Gasteiger partial charge in [0.1, 0.15) is 0 Å². The molecular formula is C81H174Li6O6Si6+6. The van der Waals surface area contributed by atoms with E-state index in [0.29, 0.717) is 36.6 Å². The third-order valence-electron chi connectivity index (χ3n) is 22.1. The monoisotopic (exact) mass is 1450 g/mol. The summed E-state index contributed by atoms with van der Waals surface area (Å²) in [6.45, 7) is 93.6. The van der Waals surface area contributed by atoms with Crippen molar-refractivity contribution in [3.8, 4) is 0 Å². The van der Waals surface area contributed by atoms with Gasteiger partial charge in [-0.25, -0.2) is 0 Å². The van der Waals surface area contributed by atoms with Crippen LogP contribution in [0.5, 0.6) is 0 Å². The minimum Gasteiger partial charge on any atom is -0.415 e. The van der Waals surface area contributed by atoms with E-state index in [-0.39, 0.29) is 113 Å². The van der Waals surface area contributed by atoms with Gasteiger partial charge in [0, 0.05) is 30.5 Å². The third-order valence-corrected chi connectivity index (χ3v) is 28.2. The summed E-state index contributed by atoms with van der Waals surface area (Å²) in [7, 11) is -8.18. The Morgan fingerprint density at radius 3 is 0.889 bits per heavy atom. The number of hydrogen-bond acceptors (Lipinski definition) is 6. The van der Waals surface area contributed by atoms with E-state index < -0.39 is 49.9 Å². The molecule has 0 heterocycles. The van der Waals surface area contributed by atoms with Gasteiger partial charge < -0.3 is 26.6 Å². The number of hydrogen-bond donors (Lipinski definition) is 0. The second-order valence-corrected chi connectivity index (χ2v) is 67.9. The van der Waals surface area contributed by atoms with E-state index in [9.17, 15) is 0 Å². The third kappa shape index (κ3) is 45.2. The van der Waals surface area contributed by atoms with Crippen molar-refractivity contribution in [1.82, 2.24) is 0 Å². The maximum Gasteiger partial charge on any atom is 1.00 e. The molecule has 6 aliphatic rings. The van der Waals surface area contributed by atoms with Gasteiger partial charge in [0.15, 0.2) is 49.9 Å². The Labute approximate surface area is 702 Å². The molecule has 6 rings (SSSR count). The predicted molar refractivity (Wildman–Crippen MR) is 431 cm³/mol. The zero-order valence-corrected chi connectivity index (χ0v) is 82.8. The molecule has 6 nitrogen and oxygen atoms in total. The molecule has 0 saturated heterocycles. The van der Waals surface area contributed by atoms with Crippen LogP contribution in [0.25, 0.3) is 0 Å². The minimum atomic E-state index is -1.44. The largest absolute Gasteiger partial charge is 1.00 e. The first-order valence-electron chi connectivity index (χ1n) is 40.0. The molecule has 0 bridgehead atoms. The van der Waals surface area contributed by atoms with Crippen LogP contribution in [0.3, 0.4) is 0 Å². The Morgan fingerprint density at radius 2 is 0.556 bits per heavy atom. The number of rotatable bonds is 23. The maximum atomic E-state index is 6.57. The fourth-order valence-corrected chi connectivity index (χ4v) is 25.1. The first-order chi connectivity index (χ1) is 42.0. The second kappa shape index (κ2) is 51.4. The standard InChI is InChI=1S/C17H36OSi.3C14H30OSi.2C11H24OSi.6Li/c1-11(2)14-10-15(18-19(7,8)9)17(13(5)6)16(14)12(3)4;1-10(2)12-8-13(11(3)4)14(9-12)15-16(5,6)7;1-10(2)12-8-9-13(14(12)11(3)4)15-16(5,6)7;1-10(2)12-8-9-13(11(3)4)14(12)15-16(5,6)7;1-9(2)10-6-7-11(8-10)12-13(3,4)5;1-9(2)10-7-6-8-11(10)12-13(3,4)5;;;;;;/h11-17H,10H2,1-9H3;3*10-14H,8-9H2,1-7H3;2*9-11H,6-8H2,1-5H3;;;;;;/q;;;;;;6*+1.